The van der Waals surface area contributed by atoms with Gasteiger partial charge in [-0.25, -0.2) is 9.36 Å². The lowest BCUT2D eigenvalue weighted by Crippen LogP contribution is -3.00. The number of unbranched alkanes of at least 4 members (excludes halogenated alkanes) is 6. The second-order valence-electron chi connectivity index (χ2n) is 10.2. The highest BCUT2D eigenvalue weighted by Crippen LogP contribution is 2.30. The van der Waals surface area contributed by atoms with Crippen LogP contribution in [0.2, 0.25) is 0 Å². The molecule has 0 saturated carbocycles. The van der Waals surface area contributed by atoms with E-state index in [9.17, 15) is 9.59 Å². The van der Waals surface area contributed by atoms with Crippen LogP contribution in [0, 0.1) is 0 Å². The number of benzene rings is 2. The number of carbonyl (C=O) groups is 2. The van der Waals surface area contributed by atoms with Gasteiger partial charge in [-0.3, -0.25) is 4.79 Å². The number of para-hydroxylation sites is 1. The molecule has 0 aliphatic rings. The molecule has 0 saturated heterocycles. The third-order valence-corrected chi connectivity index (χ3v) is 6.99. The highest BCUT2D eigenvalue weighted by atomic mass is 127. The number of pyridine rings is 1. The van der Waals surface area contributed by atoms with Crippen molar-refractivity contribution in [1.29, 1.82) is 0 Å². The molecule has 0 N–H and O–H groups in total. The molecule has 0 bridgehead atoms. The van der Waals surface area contributed by atoms with Gasteiger partial charge in [-0.1, -0.05) is 57.2 Å². The van der Waals surface area contributed by atoms with E-state index >= 15 is 0 Å². The van der Waals surface area contributed by atoms with Crippen LogP contribution in [-0.2, 0) is 18.2 Å². The van der Waals surface area contributed by atoms with E-state index in [1.54, 1.807) is 12.3 Å². The Kier molecular flexibility index (Phi) is 13.3. The van der Waals surface area contributed by atoms with Crippen LogP contribution >= 0.6 is 0 Å². The Morgan fingerprint density at radius 1 is 0.805 bits per heavy atom. The lowest BCUT2D eigenvalue weighted by molar-refractivity contribution is -0.671. The third-order valence-electron chi connectivity index (χ3n) is 6.99. The maximum absolute atomic E-state index is 13.4. The standard InChI is InChI=1S/C34H40NO5.HI/c1-3-4-16-31-32(29-15-9-10-17-30(29)40-31)33(36)26-18-20-28(21-19-26)38-23-11-7-5-6-8-12-24-39-34(37)27-14-13-22-35(2)25-27;/h9-10,13-15,17-22,25H,3-8,11-12,16,23-24H2,1-2H3;1H/q+1;/p-1. The van der Waals surface area contributed by atoms with Crippen LogP contribution in [0.4, 0.5) is 0 Å². The van der Waals surface area contributed by atoms with E-state index < -0.39 is 0 Å². The fourth-order valence-corrected chi connectivity index (χ4v) is 4.76. The predicted octanol–water partition coefficient (Wildman–Crippen LogP) is 4.41. The zero-order chi connectivity index (χ0) is 28.2. The fraction of sp³-hybridized carbons (Fsp3) is 0.382. The maximum atomic E-state index is 13.4. The number of ketones is 1. The minimum absolute atomic E-state index is 0. The van der Waals surface area contributed by atoms with Crippen LogP contribution in [0.3, 0.4) is 0 Å². The van der Waals surface area contributed by atoms with E-state index in [2.05, 4.69) is 6.92 Å². The van der Waals surface area contributed by atoms with Crippen LogP contribution in [0.1, 0.15) is 90.3 Å². The number of carbonyl (C=O) groups excluding carboxylic acids is 2. The van der Waals surface area contributed by atoms with E-state index in [0.29, 0.717) is 29.9 Å². The molecule has 218 valence electrons. The number of aromatic nitrogens is 1. The molecule has 0 spiro atoms. The van der Waals surface area contributed by atoms with Gasteiger partial charge in [0.2, 0.25) is 0 Å². The monoisotopic (exact) mass is 669 g/mol. The predicted molar refractivity (Wildman–Crippen MR) is 156 cm³/mol. The molecule has 0 aliphatic heterocycles. The van der Waals surface area contributed by atoms with Crippen LogP contribution in [0.25, 0.3) is 11.0 Å². The van der Waals surface area contributed by atoms with Crippen molar-refractivity contribution in [3.8, 4) is 5.75 Å². The smallest absolute Gasteiger partial charge is 0.344 e. The Hall–Kier alpha value is -3.20. The molecule has 2 aromatic carbocycles. The number of hydrogen-bond acceptors (Lipinski definition) is 5. The van der Waals surface area contributed by atoms with Crippen LogP contribution in [-0.4, -0.2) is 25.0 Å². The number of esters is 1. The minimum Gasteiger partial charge on any atom is -1.00 e. The van der Waals surface area contributed by atoms with E-state index in [1.807, 2.05) is 72.4 Å². The van der Waals surface area contributed by atoms with Crippen LogP contribution in [0.15, 0.2) is 77.5 Å². The molecule has 0 radical (unpaired) electrons. The van der Waals surface area contributed by atoms with Gasteiger partial charge in [0.15, 0.2) is 18.2 Å². The number of nitrogens with zero attached hydrogens (tertiary/aromatic N) is 1. The van der Waals surface area contributed by atoms with Gasteiger partial charge in [0.25, 0.3) is 0 Å². The van der Waals surface area contributed by atoms with E-state index in [0.717, 1.165) is 80.3 Å². The van der Waals surface area contributed by atoms with Gasteiger partial charge in [0, 0.05) is 23.4 Å². The Morgan fingerprint density at radius 3 is 2.24 bits per heavy atom. The van der Waals surface area contributed by atoms with Crippen LogP contribution < -0.4 is 33.3 Å². The number of aryl methyl sites for hydroxylation is 2. The molecule has 0 amide bonds. The summed E-state index contributed by atoms with van der Waals surface area (Å²) < 4.78 is 19.2. The van der Waals surface area contributed by atoms with Crippen molar-refractivity contribution in [1.82, 2.24) is 0 Å². The lowest BCUT2D eigenvalue weighted by Gasteiger charge is -2.08. The number of ether oxygens (including phenoxy) is 2. The van der Waals surface area contributed by atoms with Crippen molar-refractivity contribution in [3.05, 3.63) is 95.5 Å². The molecule has 0 aliphatic carbocycles. The fourth-order valence-electron chi connectivity index (χ4n) is 4.76. The first kappa shape index (κ1) is 32.3. The summed E-state index contributed by atoms with van der Waals surface area (Å²) in [5.41, 5.74) is 2.66. The summed E-state index contributed by atoms with van der Waals surface area (Å²) in [4.78, 5) is 25.5. The second kappa shape index (κ2) is 16.9. The van der Waals surface area contributed by atoms with Crippen molar-refractivity contribution in [3.63, 3.8) is 0 Å². The third kappa shape index (κ3) is 9.42. The van der Waals surface area contributed by atoms with E-state index in [4.69, 9.17) is 13.9 Å². The second-order valence-corrected chi connectivity index (χ2v) is 10.2. The largest absolute Gasteiger partial charge is 1.00 e. The number of halogens is 1. The number of hydrogen-bond donors (Lipinski definition) is 0. The molecule has 0 unspecified atom stereocenters. The topological polar surface area (TPSA) is 69.6 Å². The zero-order valence-corrected chi connectivity index (χ0v) is 26.2. The summed E-state index contributed by atoms with van der Waals surface area (Å²) in [6.07, 6.45) is 12.6. The average molecular weight is 670 g/mol. The normalized spacial score (nSPS) is 10.8. The highest BCUT2D eigenvalue weighted by Gasteiger charge is 2.21. The van der Waals surface area contributed by atoms with Gasteiger partial charge in [0.1, 0.15) is 29.7 Å². The van der Waals surface area contributed by atoms with Crippen molar-refractivity contribution in [2.45, 2.75) is 64.7 Å². The molecule has 6 nitrogen and oxygen atoms in total. The number of fused-ring (bicyclic) bond motifs is 1. The maximum Gasteiger partial charge on any atom is 0.344 e. The summed E-state index contributed by atoms with van der Waals surface area (Å²) in [6, 6.07) is 18.8. The SMILES string of the molecule is CCCCc1oc2ccccc2c1C(=O)c1ccc(OCCCCCCCCOC(=O)c2ccc[n+](C)c2)cc1.[I-]. The average Bonchev–Trinajstić information content (AvgIpc) is 3.35. The number of rotatable bonds is 16. The van der Waals surface area contributed by atoms with Gasteiger partial charge in [0.05, 0.1) is 18.8 Å². The Morgan fingerprint density at radius 2 is 1.51 bits per heavy atom. The van der Waals surface area contributed by atoms with Crippen molar-refractivity contribution >= 4 is 22.7 Å². The van der Waals surface area contributed by atoms with Crippen molar-refractivity contribution in [2.24, 2.45) is 7.05 Å². The molecule has 0 fully saturated rings. The molecular weight excluding hydrogens is 629 g/mol. The molecule has 2 heterocycles. The van der Waals surface area contributed by atoms with Gasteiger partial charge >= 0.3 is 5.97 Å². The first-order valence-corrected chi connectivity index (χ1v) is 14.5. The summed E-state index contributed by atoms with van der Waals surface area (Å²) in [5.74, 6) is 1.27. The molecule has 41 heavy (non-hydrogen) atoms. The Labute approximate surface area is 260 Å². The summed E-state index contributed by atoms with van der Waals surface area (Å²) >= 11 is 0. The zero-order valence-electron chi connectivity index (χ0n) is 24.1. The summed E-state index contributed by atoms with van der Waals surface area (Å²) in [6.45, 7) is 3.24. The van der Waals surface area contributed by atoms with E-state index in [-0.39, 0.29) is 35.7 Å². The molecule has 4 aromatic rings. The summed E-state index contributed by atoms with van der Waals surface area (Å²) in [7, 11) is 1.88. The van der Waals surface area contributed by atoms with E-state index in [1.165, 1.54) is 0 Å². The molecule has 7 heteroatoms. The highest BCUT2D eigenvalue weighted by molar-refractivity contribution is 6.16. The first-order valence-electron chi connectivity index (χ1n) is 14.5. The van der Waals surface area contributed by atoms with Gasteiger partial charge in [-0.05, 0) is 55.7 Å². The Balaban J connectivity index is 0.00000462. The molecule has 2 aromatic heterocycles. The summed E-state index contributed by atoms with van der Waals surface area (Å²) in [5, 5.41) is 0.876. The molecular formula is C34H40INO5. The minimum atomic E-state index is -0.266. The van der Waals surface area contributed by atoms with Gasteiger partial charge in [-0.15, -0.1) is 0 Å². The van der Waals surface area contributed by atoms with Crippen molar-refractivity contribution < 1.29 is 52.0 Å². The van der Waals surface area contributed by atoms with Crippen LogP contribution in [0.5, 0.6) is 5.75 Å². The Bertz CT molecular complexity index is 1400. The van der Waals surface area contributed by atoms with Gasteiger partial charge < -0.3 is 37.9 Å². The molecule has 0 atom stereocenters. The van der Waals surface area contributed by atoms with Gasteiger partial charge in [-0.2, -0.15) is 0 Å². The number of furan rings is 1. The van der Waals surface area contributed by atoms with Crippen molar-refractivity contribution in [2.75, 3.05) is 13.2 Å². The first-order chi connectivity index (χ1) is 19.6. The lowest BCUT2D eigenvalue weighted by atomic mass is 9.98. The molecule has 4 rings (SSSR count). The quantitative estimate of drug-likeness (QED) is 0.0582.